The number of carbonyl (C=O) groups excluding carboxylic acids is 2. The molecule has 5 atom stereocenters. The van der Waals surface area contributed by atoms with E-state index in [1.807, 2.05) is 6.92 Å². The van der Waals surface area contributed by atoms with Crippen LogP contribution in [0.25, 0.3) is 0 Å². The van der Waals surface area contributed by atoms with E-state index in [9.17, 15) is 18.0 Å². The zero-order valence-electron chi connectivity index (χ0n) is 15.2. The van der Waals surface area contributed by atoms with Crippen LogP contribution in [0.2, 0.25) is 0 Å². The SMILES string of the molecule is CC1=CC(=O)[C@]2(C)[C@@H]3CC[C@@H]4CC(=O)CC[C@@]4(C)C3=CC[C@H]2S1(=O)=O. The summed E-state index contributed by atoms with van der Waals surface area (Å²) in [4.78, 5) is 25.1. The molecular formula is C20H26O4S. The van der Waals surface area contributed by atoms with Crippen molar-refractivity contribution in [1.82, 2.24) is 0 Å². The number of hydrogen-bond donors (Lipinski definition) is 0. The Kier molecular flexibility index (Phi) is 3.54. The van der Waals surface area contributed by atoms with Gasteiger partial charge in [0.25, 0.3) is 0 Å². The first-order chi connectivity index (χ1) is 11.6. The van der Waals surface area contributed by atoms with Crippen molar-refractivity contribution in [2.75, 3.05) is 0 Å². The molecule has 136 valence electrons. The van der Waals surface area contributed by atoms with Gasteiger partial charge in [-0.2, -0.15) is 0 Å². The highest BCUT2D eigenvalue weighted by atomic mass is 32.2. The number of rotatable bonds is 0. The maximum atomic E-state index is 13.0. The lowest BCUT2D eigenvalue weighted by Crippen LogP contribution is -2.57. The molecule has 1 aliphatic heterocycles. The largest absolute Gasteiger partial charge is 0.300 e. The predicted molar refractivity (Wildman–Crippen MR) is 95.5 cm³/mol. The van der Waals surface area contributed by atoms with Crippen molar-refractivity contribution < 1.29 is 18.0 Å². The minimum atomic E-state index is -3.42. The van der Waals surface area contributed by atoms with Crippen molar-refractivity contribution in [3.05, 3.63) is 22.6 Å². The molecule has 2 fully saturated rings. The van der Waals surface area contributed by atoms with Crippen molar-refractivity contribution >= 4 is 21.4 Å². The highest BCUT2D eigenvalue weighted by Crippen LogP contribution is 2.62. The van der Waals surface area contributed by atoms with Crippen LogP contribution in [0.5, 0.6) is 0 Å². The topological polar surface area (TPSA) is 68.3 Å². The Hall–Kier alpha value is -1.23. The van der Waals surface area contributed by atoms with E-state index in [4.69, 9.17) is 0 Å². The Morgan fingerprint density at radius 1 is 1.16 bits per heavy atom. The second-order valence-electron chi connectivity index (χ2n) is 8.82. The third-order valence-electron chi connectivity index (χ3n) is 7.77. The minimum Gasteiger partial charge on any atom is -0.300 e. The second kappa shape index (κ2) is 5.15. The molecule has 0 spiro atoms. The van der Waals surface area contributed by atoms with Crippen molar-refractivity contribution in [3.63, 3.8) is 0 Å². The summed E-state index contributed by atoms with van der Waals surface area (Å²) >= 11 is 0. The summed E-state index contributed by atoms with van der Waals surface area (Å²) in [7, 11) is -3.42. The van der Waals surface area contributed by atoms with Gasteiger partial charge in [0.05, 0.1) is 10.7 Å². The fraction of sp³-hybridized carbons (Fsp3) is 0.700. The van der Waals surface area contributed by atoms with E-state index in [1.165, 1.54) is 18.6 Å². The first kappa shape index (κ1) is 17.2. The summed E-state index contributed by atoms with van der Waals surface area (Å²) in [5, 5.41) is -0.642. The molecule has 0 saturated heterocycles. The lowest BCUT2D eigenvalue weighted by Gasteiger charge is -2.57. The van der Waals surface area contributed by atoms with Gasteiger partial charge in [0.2, 0.25) is 0 Å². The average Bonchev–Trinajstić information content (AvgIpc) is 2.54. The molecule has 0 bridgehead atoms. The second-order valence-corrected chi connectivity index (χ2v) is 11.1. The molecule has 4 nitrogen and oxygen atoms in total. The van der Waals surface area contributed by atoms with Crippen molar-refractivity contribution in [2.45, 2.75) is 64.5 Å². The summed E-state index contributed by atoms with van der Waals surface area (Å²) in [5.41, 5.74) is 0.328. The quantitative estimate of drug-likeness (QED) is 0.620. The van der Waals surface area contributed by atoms with Crippen LogP contribution < -0.4 is 0 Å². The van der Waals surface area contributed by atoms with E-state index in [0.29, 0.717) is 31.0 Å². The summed E-state index contributed by atoms with van der Waals surface area (Å²) < 4.78 is 25.8. The molecule has 1 heterocycles. The van der Waals surface area contributed by atoms with Crippen molar-refractivity contribution in [2.24, 2.45) is 22.7 Å². The van der Waals surface area contributed by atoms with Gasteiger partial charge in [-0.3, -0.25) is 9.59 Å². The fourth-order valence-corrected chi connectivity index (χ4v) is 8.05. The molecule has 0 aromatic heterocycles. The third kappa shape index (κ3) is 2.08. The number of sulfone groups is 1. The monoisotopic (exact) mass is 362 g/mol. The van der Waals surface area contributed by atoms with Gasteiger partial charge >= 0.3 is 0 Å². The van der Waals surface area contributed by atoms with Gasteiger partial charge in [0.15, 0.2) is 15.6 Å². The zero-order chi connectivity index (χ0) is 18.2. The van der Waals surface area contributed by atoms with E-state index in [2.05, 4.69) is 13.0 Å². The third-order valence-corrected chi connectivity index (χ3v) is 10.2. The normalized spacial score (nSPS) is 45.6. The molecular weight excluding hydrogens is 336 g/mol. The molecule has 0 aromatic rings. The van der Waals surface area contributed by atoms with Gasteiger partial charge in [-0.05, 0) is 55.9 Å². The number of ketones is 2. The van der Waals surface area contributed by atoms with Gasteiger partial charge in [-0.15, -0.1) is 0 Å². The molecule has 2 saturated carbocycles. The Morgan fingerprint density at radius 2 is 1.88 bits per heavy atom. The average molecular weight is 362 g/mol. The van der Waals surface area contributed by atoms with E-state index < -0.39 is 20.5 Å². The van der Waals surface area contributed by atoms with Crippen molar-refractivity contribution in [1.29, 1.82) is 0 Å². The number of allylic oxidation sites excluding steroid dienone is 4. The van der Waals surface area contributed by atoms with Crippen LogP contribution in [-0.4, -0.2) is 25.2 Å². The molecule has 0 amide bonds. The van der Waals surface area contributed by atoms with Crippen LogP contribution in [0, 0.1) is 22.7 Å². The number of fused-ring (bicyclic) bond motifs is 5. The maximum Gasteiger partial charge on any atom is 0.178 e. The van der Waals surface area contributed by atoms with Gasteiger partial charge in [-0.1, -0.05) is 25.5 Å². The number of carbonyl (C=O) groups is 2. The van der Waals surface area contributed by atoms with Crippen LogP contribution in [-0.2, 0) is 19.4 Å². The maximum absolute atomic E-state index is 13.0. The molecule has 0 aromatic carbocycles. The van der Waals surface area contributed by atoms with Gasteiger partial charge in [-0.25, -0.2) is 8.42 Å². The zero-order valence-corrected chi connectivity index (χ0v) is 16.0. The fourth-order valence-electron chi connectivity index (χ4n) is 6.05. The lowest BCUT2D eigenvalue weighted by atomic mass is 9.48. The Morgan fingerprint density at radius 3 is 2.60 bits per heavy atom. The Labute approximate surface area is 149 Å². The van der Waals surface area contributed by atoms with E-state index >= 15 is 0 Å². The Bertz CT molecular complexity index is 834. The molecule has 3 aliphatic carbocycles. The summed E-state index contributed by atoms with van der Waals surface area (Å²) in [6, 6.07) is 0. The molecule has 25 heavy (non-hydrogen) atoms. The minimum absolute atomic E-state index is 0.0210. The summed E-state index contributed by atoms with van der Waals surface area (Å²) in [5.74, 6) is 0.627. The molecule has 0 unspecified atom stereocenters. The summed E-state index contributed by atoms with van der Waals surface area (Å²) in [6.45, 7) is 5.64. The highest BCUT2D eigenvalue weighted by Gasteiger charge is 2.61. The van der Waals surface area contributed by atoms with Gasteiger partial charge < -0.3 is 0 Å². The van der Waals surface area contributed by atoms with E-state index in [-0.39, 0.29) is 22.0 Å². The predicted octanol–water partition coefficient (Wildman–Crippen LogP) is 3.38. The van der Waals surface area contributed by atoms with Crippen molar-refractivity contribution in [3.8, 4) is 0 Å². The number of hydrogen-bond acceptors (Lipinski definition) is 4. The first-order valence-electron chi connectivity index (χ1n) is 9.30. The van der Waals surface area contributed by atoms with Crippen LogP contribution in [0.15, 0.2) is 22.6 Å². The van der Waals surface area contributed by atoms with E-state index in [1.54, 1.807) is 0 Å². The lowest BCUT2D eigenvalue weighted by molar-refractivity contribution is -0.130. The first-order valence-corrected chi connectivity index (χ1v) is 10.9. The molecule has 5 heteroatoms. The van der Waals surface area contributed by atoms with E-state index in [0.717, 1.165) is 19.3 Å². The van der Waals surface area contributed by atoms with Crippen LogP contribution in [0.3, 0.4) is 0 Å². The molecule has 0 radical (unpaired) electrons. The van der Waals surface area contributed by atoms with Gasteiger partial charge in [0, 0.05) is 17.7 Å². The smallest absolute Gasteiger partial charge is 0.178 e. The number of Topliss-reactive ketones (excluding diaryl/α,β-unsaturated/α-hetero) is 1. The Balaban J connectivity index is 1.83. The summed E-state index contributed by atoms with van der Waals surface area (Å²) in [6.07, 6.45) is 7.65. The molecule has 4 aliphatic rings. The van der Waals surface area contributed by atoms with Gasteiger partial charge in [0.1, 0.15) is 5.78 Å². The van der Waals surface area contributed by atoms with Crippen LogP contribution in [0.1, 0.15) is 59.3 Å². The molecule has 4 rings (SSSR count). The molecule has 0 N–H and O–H groups in total. The van der Waals surface area contributed by atoms with Crippen LogP contribution >= 0.6 is 0 Å². The standard InChI is InChI=1S/C20H26O4S/c1-12-10-17(22)20(3)16-5-4-13-11-14(21)8-9-19(13,2)15(16)6-7-18(20)25(12,23)24/h6,10,13,16,18H,4-5,7-9,11H2,1-3H3/t13-,16-,18-,19-,20+/m1/s1. The highest BCUT2D eigenvalue weighted by molar-refractivity contribution is 7.96. The van der Waals surface area contributed by atoms with Crippen LogP contribution in [0.4, 0.5) is 0 Å².